The summed E-state index contributed by atoms with van der Waals surface area (Å²) in [6.45, 7) is 2.95. The minimum absolute atomic E-state index is 0.157. The number of thioether (sulfide) groups is 1. The van der Waals surface area contributed by atoms with Gasteiger partial charge in [-0.05, 0) is 23.8 Å². The van der Waals surface area contributed by atoms with Gasteiger partial charge < -0.3 is 4.90 Å². The topological polar surface area (TPSA) is 20.3 Å². The molecule has 1 atom stereocenters. The maximum atomic E-state index is 12.6. The van der Waals surface area contributed by atoms with Crippen molar-refractivity contribution in [3.05, 3.63) is 48.0 Å². The first-order chi connectivity index (χ1) is 8.77. The van der Waals surface area contributed by atoms with E-state index in [-0.39, 0.29) is 11.3 Å². The van der Waals surface area contributed by atoms with Gasteiger partial charge in [-0.1, -0.05) is 36.4 Å². The van der Waals surface area contributed by atoms with Crippen molar-refractivity contribution in [3.8, 4) is 0 Å². The summed E-state index contributed by atoms with van der Waals surface area (Å²) in [7, 11) is 0. The van der Waals surface area contributed by atoms with Gasteiger partial charge >= 0.3 is 0 Å². The van der Waals surface area contributed by atoms with E-state index >= 15 is 0 Å². The highest BCUT2D eigenvalue weighted by Crippen LogP contribution is 2.27. The third-order valence-corrected chi connectivity index (χ3v) is 4.57. The van der Waals surface area contributed by atoms with E-state index in [0.717, 1.165) is 28.6 Å². The van der Waals surface area contributed by atoms with Gasteiger partial charge in [0.25, 0.3) is 5.91 Å². The molecule has 1 saturated heterocycles. The standard InChI is InChI=1S/C15H15NOS/c1-11-16(9-10-18-11)15(17)14-8-4-6-12-5-2-3-7-13(12)14/h2-8,11H,9-10H2,1H3. The first-order valence-corrected chi connectivity index (χ1v) is 7.22. The van der Waals surface area contributed by atoms with Gasteiger partial charge in [0, 0.05) is 17.9 Å². The molecule has 0 aliphatic carbocycles. The second-order valence-electron chi connectivity index (χ2n) is 4.50. The van der Waals surface area contributed by atoms with Crippen molar-refractivity contribution in [2.24, 2.45) is 0 Å². The molecule has 3 heteroatoms. The molecule has 0 saturated carbocycles. The molecule has 0 radical (unpaired) electrons. The monoisotopic (exact) mass is 257 g/mol. The van der Waals surface area contributed by atoms with Gasteiger partial charge in [-0.3, -0.25) is 4.79 Å². The van der Waals surface area contributed by atoms with Crippen LogP contribution in [0.3, 0.4) is 0 Å². The van der Waals surface area contributed by atoms with Crippen LogP contribution >= 0.6 is 11.8 Å². The second-order valence-corrected chi connectivity index (χ2v) is 5.92. The third kappa shape index (κ3) is 1.89. The second kappa shape index (κ2) is 4.65. The fourth-order valence-corrected chi connectivity index (χ4v) is 3.45. The molecule has 1 aliphatic rings. The summed E-state index contributed by atoms with van der Waals surface area (Å²) >= 11 is 1.84. The van der Waals surface area contributed by atoms with Gasteiger partial charge in [-0.2, -0.15) is 0 Å². The molecule has 1 heterocycles. The predicted molar refractivity (Wildman–Crippen MR) is 76.9 cm³/mol. The van der Waals surface area contributed by atoms with Crippen molar-refractivity contribution < 1.29 is 4.79 Å². The van der Waals surface area contributed by atoms with Crippen LogP contribution in [0.1, 0.15) is 17.3 Å². The smallest absolute Gasteiger partial charge is 0.255 e. The molecular weight excluding hydrogens is 242 g/mol. The Balaban J connectivity index is 2.06. The van der Waals surface area contributed by atoms with Gasteiger partial charge in [0.2, 0.25) is 0 Å². The Morgan fingerprint density at radius 2 is 2.00 bits per heavy atom. The van der Waals surface area contributed by atoms with Gasteiger partial charge in [0.05, 0.1) is 5.37 Å². The summed E-state index contributed by atoms with van der Waals surface area (Å²) in [5.74, 6) is 1.20. The van der Waals surface area contributed by atoms with Crippen molar-refractivity contribution >= 4 is 28.4 Å². The molecule has 3 rings (SSSR count). The van der Waals surface area contributed by atoms with E-state index in [0.29, 0.717) is 0 Å². The molecular formula is C15H15NOS. The van der Waals surface area contributed by atoms with Crippen molar-refractivity contribution in [3.63, 3.8) is 0 Å². The molecule has 2 aromatic rings. The number of hydrogen-bond acceptors (Lipinski definition) is 2. The highest BCUT2D eigenvalue weighted by Gasteiger charge is 2.27. The van der Waals surface area contributed by atoms with Crippen molar-refractivity contribution in [1.82, 2.24) is 4.90 Å². The molecule has 1 unspecified atom stereocenters. The van der Waals surface area contributed by atoms with Crippen LogP contribution in [0.15, 0.2) is 42.5 Å². The molecule has 0 aromatic heterocycles. The van der Waals surface area contributed by atoms with Crippen molar-refractivity contribution in [2.45, 2.75) is 12.3 Å². The number of hydrogen-bond donors (Lipinski definition) is 0. The molecule has 0 bridgehead atoms. The molecule has 2 aromatic carbocycles. The molecule has 18 heavy (non-hydrogen) atoms. The minimum atomic E-state index is 0.157. The third-order valence-electron chi connectivity index (χ3n) is 3.41. The van der Waals surface area contributed by atoms with E-state index in [9.17, 15) is 4.79 Å². The largest absolute Gasteiger partial charge is 0.326 e. The fraction of sp³-hybridized carbons (Fsp3) is 0.267. The molecule has 1 fully saturated rings. The average molecular weight is 257 g/mol. The van der Waals surface area contributed by atoms with Gasteiger partial charge in [-0.25, -0.2) is 0 Å². The summed E-state index contributed by atoms with van der Waals surface area (Å²) in [6.07, 6.45) is 0. The normalized spacial score (nSPS) is 19.4. The Kier molecular flexibility index (Phi) is 3.00. The highest BCUT2D eigenvalue weighted by atomic mass is 32.2. The molecule has 92 valence electrons. The Morgan fingerprint density at radius 1 is 1.22 bits per heavy atom. The zero-order valence-corrected chi connectivity index (χ0v) is 11.1. The summed E-state index contributed by atoms with van der Waals surface area (Å²) in [5.41, 5.74) is 0.822. The zero-order valence-electron chi connectivity index (χ0n) is 10.3. The minimum Gasteiger partial charge on any atom is -0.326 e. The van der Waals surface area contributed by atoms with E-state index in [1.54, 1.807) is 0 Å². The summed E-state index contributed by atoms with van der Waals surface area (Å²) in [5, 5.41) is 2.47. The highest BCUT2D eigenvalue weighted by molar-refractivity contribution is 8.00. The first kappa shape index (κ1) is 11.6. The maximum Gasteiger partial charge on any atom is 0.255 e. The van der Waals surface area contributed by atoms with Crippen LogP contribution in [0.2, 0.25) is 0 Å². The predicted octanol–water partition coefficient (Wildman–Crippen LogP) is 3.37. The Hall–Kier alpha value is -1.48. The van der Waals surface area contributed by atoms with Gasteiger partial charge in [-0.15, -0.1) is 11.8 Å². The number of carbonyl (C=O) groups is 1. The van der Waals surface area contributed by atoms with Gasteiger partial charge in [0.1, 0.15) is 0 Å². The Morgan fingerprint density at radius 3 is 2.78 bits per heavy atom. The lowest BCUT2D eigenvalue weighted by Gasteiger charge is -2.21. The van der Waals surface area contributed by atoms with Crippen LogP contribution in [0, 0.1) is 0 Å². The van der Waals surface area contributed by atoms with Crippen LogP contribution in [-0.2, 0) is 0 Å². The molecule has 1 aliphatic heterocycles. The molecule has 0 N–H and O–H groups in total. The number of amides is 1. The first-order valence-electron chi connectivity index (χ1n) is 6.18. The summed E-state index contributed by atoms with van der Waals surface area (Å²) < 4.78 is 0. The van der Waals surface area contributed by atoms with E-state index in [1.807, 2.05) is 59.1 Å². The van der Waals surface area contributed by atoms with E-state index in [1.165, 1.54) is 0 Å². The number of rotatable bonds is 1. The van der Waals surface area contributed by atoms with Gasteiger partial charge in [0.15, 0.2) is 0 Å². The zero-order chi connectivity index (χ0) is 12.5. The Labute approximate surface area is 111 Å². The fourth-order valence-electron chi connectivity index (χ4n) is 2.43. The van der Waals surface area contributed by atoms with E-state index in [2.05, 4.69) is 6.92 Å². The lowest BCUT2D eigenvalue weighted by atomic mass is 10.0. The summed E-state index contributed by atoms with van der Waals surface area (Å²) in [4.78, 5) is 14.5. The van der Waals surface area contributed by atoms with Crippen LogP contribution in [-0.4, -0.2) is 28.5 Å². The quantitative estimate of drug-likeness (QED) is 0.780. The van der Waals surface area contributed by atoms with Crippen LogP contribution in [0.4, 0.5) is 0 Å². The molecule has 2 nitrogen and oxygen atoms in total. The molecule has 0 spiro atoms. The SMILES string of the molecule is CC1SCCN1C(=O)c1cccc2ccccc12. The summed E-state index contributed by atoms with van der Waals surface area (Å²) in [6, 6.07) is 14.0. The van der Waals surface area contributed by atoms with E-state index in [4.69, 9.17) is 0 Å². The Bertz CT molecular complexity index is 591. The van der Waals surface area contributed by atoms with Crippen LogP contribution in [0.25, 0.3) is 10.8 Å². The lowest BCUT2D eigenvalue weighted by Crippen LogP contribution is -2.33. The van der Waals surface area contributed by atoms with Crippen molar-refractivity contribution in [1.29, 1.82) is 0 Å². The van der Waals surface area contributed by atoms with Crippen LogP contribution < -0.4 is 0 Å². The van der Waals surface area contributed by atoms with E-state index < -0.39 is 0 Å². The lowest BCUT2D eigenvalue weighted by molar-refractivity contribution is 0.0770. The molecule has 1 amide bonds. The number of benzene rings is 2. The number of fused-ring (bicyclic) bond motifs is 1. The van der Waals surface area contributed by atoms with Crippen molar-refractivity contribution in [2.75, 3.05) is 12.3 Å². The average Bonchev–Trinajstić information content (AvgIpc) is 2.83. The maximum absolute atomic E-state index is 12.6. The number of nitrogens with zero attached hydrogens (tertiary/aromatic N) is 1. The van der Waals surface area contributed by atoms with Crippen LogP contribution in [0.5, 0.6) is 0 Å². The number of carbonyl (C=O) groups excluding carboxylic acids is 1.